The molecule has 2 aliphatic heterocycles. The van der Waals surface area contributed by atoms with Gasteiger partial charge in [-0.25, -0.2) is 0 Å². The van der Waals surface area contributed by atoms with Crippen molar-refractivity contribution < 1.29 is 4.79 Å². The van der Waals surface area contributed by atoms with Gasteiger partial charge in [0.25, 0.3) is 5.91 Å². The Morgan fingerprint density at radius 2 is 1.86 bits per heavy atom. The average Bonchev–Trinajstić information content (AvgIpc) is 3.22. The number of carbonyl (C=O) groups excluding carboxylic acids is 1. The minimum Gasteiger partial charge on any atom is -0.350 e. The topological polar surface area (TPSA) is 70.1 Å². The first kappa shape index (κ1) is 18.4. The number of nitrogens with zero attached hydrogens (tertiary/aromatic N) is 5. The number of para-hydroxylation sites is 1. The summed E-state index contributed by atoms with van der Waals surface area (Å²) in [4.78, 5) is 21.0. The second kappa shape index (κ2) is 7.30. The smallest absolute Gasteiger partial charge is 0.270 e. The number of nitrogens with one attached hydrogen (secondary N) is 1. The Labute approximate surface area is 170 Å². The Morgan fingerprint density at radius 1 is 1.07 bits per heavy atom. The third kappa shape index (κ3) is 3.23. The average molecular weight is 393 g/mol. The van der Waals surface area contributed by atoms with Gasteiger partial charge in [0.05, 0.1) is 0 Å². The van der Waals surface area contributed by atoms with Crippen molar-refractivity contribution in [3.63, 3.8) is 0 Å². The third-order valence-electron chi connectivity index (χ3n) is 6.61. The minimum atomic E-state index is 0.0817. The summed E-state index contributed by atoms with van der Waals surface area (Å²) in [5.41, 5.74) is 2.76. The fraction of sp³-hybridized carbons (Fsp3) is 0.500. The summed E-state index contributed by atoms with van der Waals surface area (Å²) in [6.45, 7) is 6.39. The number of amides is 1. The maximum absolute atomic E-state index is 13.3. The van der Waals surface area contributed by atoms with Gasteiger partial charge in [0.2, 0.25) is 0 Å². The Kier molecular flexibility index (Phi) is 4.62. The lowest BCUT2D eigenvalue weighted by Crippen LogP contribution is -2.34. The summed E-state index contributed by atoms with van der Waals surface area (Å²) in [6.07, 6.45) is 3.02. The monoisotopic (exact) mass is 392 g/mol. The minimum absolute atomic E-state index is 0.0817. The second-order valence-corrected chi connectivity index (χ2v) is 8.42. The van der Waals surface area contributed by atoms with E-state index in [2.05, 4.69) is 37.8 Å². The van der Waals surface area contributed by atoms with E-state index in [9.17, 15) is 4.79 Å². The molecule has 0 atom stereocenters. The lowest BCUT2D eigenvalue weighted by molar-refractivity contribution is 0.0753. The molecule has 5 rings (SSSR count). The van der Waals surface area contributed by atoms with Gasteiger partial charge < -0.3 is 19.4 Å². The number of likely N-dealkylation sites (tertiary alicyclic amines) is 1. The molecule has 1 amide bonds. The molecule has 0 unspecified atom stereocenters. The molecule has 3 aromatic rings. The highest BCUT2D eigenvalue weighted by Gasteiger charge is 2.28. The van der Waals surface area contributed by atoms with E-state index in [1.807, 2.05) is 30.0 Å². The second-order valence-electron chi connectivity index (χ2n) is 8.42. The van der Waals surface area contributed by atoms with Crippen LogP contribution in [0.5, 0.6) is 0 Å². The van der Waals surface area contributed by atoms with Crippen molar-refractivity contribution in [2.45, 2.75) is 38.6 Å². The van der Waals surface area contributed by atoms with Crippen molar-refractivity contribution in [1.29, 1.82) is 0 Å². The molecule has 29 heavy (non-hydrogen) atoms. The molecule has 1 N–H and O–H groups in total. The number of aryl methyl sites for hydroxylation is 1. The number of H-pyrrole nitrogens is 1. The molecule has 7 heteroatoms. The van der Waals surface area contributed by atoms with E-state index in [0.29, 0.717) is 24.7 Å². The molecule has 7 nitrogen and oxygen atoms in total. The number of benzene rings is 1. The highest BCUT2D eigenvalue weighted by molar-refractivity contribution is 6.00. The third-order valence-corrected chi connectivity index (χ3v) is 6.61. The number of rotatable bonds is 2. The summed E-state index contributed by atoms with van der Waals surface area (Å²) in [5, 5.41) is 10.1. The van der Waals surface area contributed by atoms with Crippen LogP contribution in [0.15, 0.2) is 24.3 Å². The van der Waals surface area contributed by atoms with E-state index in [4.69, 9.17) is 0 Å². The molecular weight excluding hydrogens is 364 g/mol. The maximum atomic E-state index is 13.3. The fourth-order valence-corrected chi connectivity index (χ4v) is 4.77. The Hall–Kier alpha value is -2.67. The number of fused-ring (bicyclic) bond motifs is 2. The molecule has 2 aliphatic rings. The molecule has 0 aliphatic carbocycles. The van der Waals surface area contributed by atoms with Gasteiger partial charge in [-0.05, 0) is 51.5 Å². The predicted molar refractivity (Wildman–Crippen MR) is 112 cm³/mol. The van der Waals surface area contributed by atoms with Crippen molar-refractivity contribution in [1.82, 2.24) is 29.5 Å². The number of carbonyl (C=O) groups is 1. The van der Waals surface area contributed by atoms with Crippen LogP contribution in [0.4, 0.5) is 0 Å². The van der Waals surface area contributed by atoms with Gasteiger partial charge in [0.15, 0.2) is 0 Å². The molecule has 1 fully saturated rings. The van der Waals surface area contributed by atoms with Crippen molar-refractivity contribution in [2.24, 2.45) is 0 Å². The molecule has 4 heterocycles. The van der Waals surface area contributed by atoms with Gasteiger partial charge in [-0.3, -0.25) is 4.79 Å². The summed E-state index contributed by atoms with van der Waals surface area (Å²) in [5.74, 6) is 2.69. The number of piperidine rings is 1. The van der Waals surface area contributed by atoms with Gasteiger partial charge >= 0.3 is 0 Å². The van der Waals surface area contributed by atoms with Crippen LogP contribution in [0, 0.1) is 6.92 Å². The standard InChI is InChI=1S/C22H28N6O/c1-15-17-5-3-4-6-18(17)23-20(15)22(29)27-12-9-19-24-25-21(28(19)14-13-27)16-7-10-26(2)11-8-16/h3-6,16,23H,7-14H2,1-2H3. The molecule has 2 aromatic heterocycles. The first-order chi connectivity index (χ1) is 14.1. The van der Waals surface area contributed by atoms with Crippen LogP contribution in [-0.4, -0.2) is 68.7 Å². The molecule has 152 valence electrons. The largest absolute Gasteiger partial charge is 0.350 e. The van der Waals surface area contributed by atoms with E-state index in [-0.39, 0.29) is 5.91 Å². The number of aromatic amines is 1. The van der Waals surface area contributed by atoms with E-state index >= 15 is 0 Å². The first-order valence-electron chi connectivity index (χ1n) is 10.6. The molecule has 0 bridgehead atoms. The van der Waals surface area contributed by atoms with Crippen molar-refractivity contribution in [2.75, 3.05) is 33.2 Å². The zero-order chi connectivity index (χ0) is 20.0. The Bertz CT molecular complexity index is 1040. The van der Waals surface area contributed by atoms with Crippen molar-refractivity contribution >= 4 is 16.8 Å². The van der Waals surface area contributed by atoms with E-state index in [1.165, 1.54) is 0 Å². The van der Waals surface area contributed by atoms with Crippen LogP contribution < -0.4 is 0 Å². The lowest BCUT2D eigenvalue weighted by atomic mass is 9.96. The van der Waals surface area contributed by atoms with Gasteiger partial charge in [-0.1, -0.05) is 18.2 Å². The molecule has 1 saturated heterocycles. The summed E-state index contributed by atoms with van der Waals surface area (Å²) < 4.78 is 2.28. The van der Waals surface area contributed by atoms with Crippen LogP contribution >= 0.6 is 0 Å². The SMILES string of the molecule is Cc1c(C(=O)N2CCc3nnc(C4CCN(C)CC4)n3CC2)[nH]c2ccccc12. The normalized spacial score (nSPS) is 18.8. The van der Waals surface area contributed by atoms with Crippen LogP contribution in [0.1, 0.15) is 46.5 Å². The van der Waals surface area contributed by atoms with Crippen LogP contribution in [0.2, 0.25) is 0 Å². The summed E-state index contributed by atoms with van der Waals surface area (Å²) >= 11 is 0. The van der Waals surface area contributed by atoms with Crippen LogP contribution in [-0.2, 0) is 13.0 Å². The molecule has 0 spiro atoms. The quantitative estimate of drug-likeness (QED) is 0.728. The van der Waals surface area contributed by atoms with Crippen LogP contribution in [0.3, 0.4) is 0 Å². The van der Waals surface area contributed by atoms with Gasteiger partial charge in [-0.15, -0.1) is 10.2 Å². The van der Waals surface area contributed by atoms with E-state index < -0.39 is 0 Å². The molecule has 0 saturated carbocycles. The van der Waals surface area contributed by atoms with E-state index in [1.54, 1.807) is 0 Å². The predicted octanol–water partition coefficient (Wildman–Crippen LogP) is 2.58. The maximum Gasteiger partial charge on any atom is 0.270 e. The zero-order valence-electron chi connectivity index (χ0n) is 17.2. The first-order valence-corrected chi connectivity index (χ1v) is 10.6. The Morgan fingerprint density at radius 3 is 2.66 bits per heavy atom. The summed E-state index contributed by atoms with van der Waals surface area (Å²) in [7, 11) is 2.18. The summed E-state index contributed by atoms with van der Waals surface area (Å²) in [6, 6.07) is 8.10. The van der Waals surface area contributed by atoms with Gasteiger partial charge in [0, 0.05) is 42.9 Å². The molecule has 1 aromatic carbocycles. The Balaban J connectivity index is 1.35. The zero-order valence-corrected chi connectivity index (χ0v) is 17.2. The van der Waals surface area contributed by atoms with Crippen LogP contribution in [0.25, 0.3) is 10.9 Å². The van der Waals surface area contributed by atoms with E-state index in [0.717, 1.165) is 67.0 Å². The lowest BCUT2D eigenvalue weighted by Gasteiger charge is -2.28. The highest BCUT2D eigenvalue weighted by atomic mass is 16.2. The highest BCUT2D eigenvalue weighted by Crippen LogP contribution is 2.28. The van der Waals surface area contributed by atoms with Crippen molar-refractivity contribution in [3.05, 3.63) is 47.2 Å². The number of hydrogen-bond donors (Lipinski definition) is 1. The molecular formula is C22H28N6O. The molecule has 0 radical (unpaired) electrons. The van der Waals surface area contributed by atoms with Gasteiger partial charge in [0.1, 0.15) is 17.3 Å². The number of aromatic nitrogens is 4. The van der Waals surface area contributed by atoms with Crippen molar-refractivity contribution in [3.8, 4) is 0 Å². The fourth-order valence-electron chi connectivity index (χ4n) is 4.77. The number of hydrogen-bond acceptors (Lipinski definition) is 4. The van der Waals surface area contributed by atoms with Gasteiger partial charge in [-0.2, -0.15) is 0 Å².